The largest absolute Gasteiger partial charge is 0.492 e. The average molecular weight is 404 g/mol. The molecule has 2 aromatic heterocycles. The van der Waals surface area contributed by atoms with Crippen LogP contribution in [0.2, 0.25) is 0 Å². The standard InChI is InChI=1S/C19H25N5O3S/c1-6-27-14-8-7-9-15-16(14)20-19(28-15)24(11-10-22(2)3)18(25)13-12-23(4)21-17(13)26-5/h7-9,12H,6,10-11H2,1-5H3. The van der Waals surface area contributed by atoms with Crippen LogP contribution in [0.5, 0.6) is 11.6 Å². The lowest BCUT2D eigenvalue weighted by atomic mass is 10.3. The minimum atomic E-state index is -0.191. The molecule has 3 rings (SSSR count). The number of para-hydroxylation sites is 1. The number of nitrogens with zero attached hydrogens (tertiary/aromatic N) is 5. The number of methoxy groups -OCH3 is 1. The number of carbonyl (C=O) groups is 1. The molecule has 0 N–H and O–H groups in total. The first-order chi connectivity index (χ1) is 13.4. The third-order valence-corrected chi connectivity index (χ3v) is 5.18. The number of hydrogen-bond donors (Lipinski definition) is 0. The molecule has 150 valence electrons. The van der Waals surface area contributed by atoms with Gasteiger partial charge in [-0.2, -0.15) is 0 Å². The summed E-state index contributed by atoms with van der Waals surface area (Å²) < 4.78 is 13.5. The molecule has 0 aliphatic carbocycles. The van der Waals surface area contributed by atoms with Gasteiger partial charge in [-0.25, -0.2) is 4.98 Å². The zero-order chi connectivity index (χ0) is 20.3. The molecule has 0 bridgehead atoms. The molecule has 0 saturated carbocycles. The summed E-state index contributed by atoms with van der Waals surface area (Å²) in [6.45, 7) is 3.69. The van der Waals surface area contributed by atoms with Crippen LogP contribution in [0.4, 0.5) is 5.13 Å². The van der Waals surface area contributed by atoms with Gasteiger partial charge in [0.2, 0.25) is 5.88 Å². The smallest absolute Gasteiger partial charge is 0.267 e. The number of hydrogen-bond acceptors (Lipinski definition) is 7. The van der Waals surface area contributed by atoms with Gasteiger partial charge in [0.25, 0.3) is 5.91 Å². The summed E-state index contributed by atoms with van der Waals surface area (Å²) in [5.74, 6) is 0.837. The molecule has 0 aliphatic heterocycles. The highest BCUT2D eigenvalue weighted by molar-refractivity contribution is 7.22. The first-order valence-corrected chi connectivity index (χ1v) is 9.82. The summed E-state index contributed by atoms with van der Waals surface area (Å²) >= 11 is 1.47. The number of anilines is 1. The Hall–Kier alpha value is -2.65. The van der Waals surface area contributed by atoms with Crippen molar-refractivity contribution in [1.29, 1.82) is 0 Å². The Morgan fingerprint density at radius 3 is 2.75 bits per heavy atom. The predicted molar refractivity (Wildman–Crippen MR) is 111 cm³/mol. The predicted octanol–water partition coefficient (Wildman–Crippen LogP) is 2.65. The number of aromatic nitrogens is 3. The minimum Gasteiger partial charge on any atom is -0.492 e. The van der Waals surface area contributed by atoms with Crippen LogP contribution < -0.4 is 14.4 Å². The molecule has 1 aromatic carbocycles. The number of rotatable bonds is 8. The van der Waals surface area contributed by atoms with E-state index in [9.17, 15) is 4.79 Å². The zero-order valence-electron chi connectivity index (χ0n) is 16.8. The Morgan fingerprint density at radius 1 is 1.29 bits per heavy atom. The fraction of sp³-hybridized carbons (Fsp3) is 0.421. The molecule has 0 aliphatic rings. The number of likely N-dealkylation sites (N-methyl/N-ethyl adjacent to an activating group) is 1. The first-order valence-electron chi connectivity index (χ1n) is 9.01. The molecule has 0 radical (unpaired) electrons. The molecule has 8 nitrogen and oxygen atoms in total. The van der Waals surface area contributed by atoms with Gasteiger partial charge in [0, 0.05) is 26.3 Å². The quantitative estimate of drug-likeness (QED) is 0.576. The zero-order valence-corrected chi connectivity index (χ0v) is 17.6. The van der Waals surface area contributed by atoms with Crippen molar-refractivity contribution < 1.29 is 14.3 Å². The van der Waals surface area contributed by atoms with Crippen LogP contribution in [0.15, 0.2) is 24.4 Å². The van der Waals surface area contributed by atoms with Gasteiger partial charge >= 0.3 is 0 Å². The fourth-order valence-electron chi connectivity index (χ4n) is 2.79. The number of fused-ring (bicyclic) bond motifs is 1. The Bertz CT molecular complexity index is 966. The van der Waals surface area contributed by atoms with Crippen LogP contribution in [-0.2, 0) is 7.05 Å². The molecular formula is C19H25N5O3S. The normalized spacial score (nSPS) is 11.2. The van der Waals surface area contributed by atoms with E-state index in [1.807, 2.05) is 44.1 Å². The van der Waals surface area contributed by atoms with E-state index in [2.05, 4.69) is 5.10 Å². The van der Waals surface area contributed by atoms with Gasteiger partial charge in [-0.1, -0.05) is 17.4 Å². The lowest BCUT2D eigenvalue weighted by Crippen LogP contribution is -2.36. The Kier molecular flexibility index (Phi) is 6.15. The van der Waals surface area contributed by atoms with Gasteiger partial charge in [-0.3, -0.25) is 14.4 Å². The minimum absolute atomic E-state index is 0.191. The SMILES string of the molecule is CCOc1cccc2sc(N(CCN(C)C)C(=O)c3cn(C)nc3OC)nc12. The van der Waals surface area contributed by atoms with Crippen LogP contribution in [0.1, 0.15) is 17.3 Å². The second-order valence-electron chi connectivity index (χ2n) is 6.52. The summed E-state index contributed by atoms with van der Waals surface area (Å²) in [6, 6.07) is 5.81. The van der Waals surface area contributed by atoms with Gasteiger partial charge in [0.15, 0.2) is 5.13 Å². The van der Waals surface area contributed by atoms with Crippen molar-refractivity contribution in [2.45, 2.75) is 6.92 Å². The van der Waals surface area contributed by atoms with Crippen LogP contribution >= 0.6 is 11.3 Å². The van der Waals surface area contributed by atoms with Gasteiger partial charge in [-0.15, -0.1) is 5.10 Å². The number of carbonyl (C=O) groups excluding carboxylic acids is 1. The van der Waals surface area contributed by atoms with Crippen molar-refractivity contribution in [3.05, 3.63) is 30.0 Å². The maximum Gasteiger partial charge on any atom is 0.267 e. The fourth-order valence-corrected chi connectivity index (χ4v) is 3.80. The number of thiazole rings is 1. The highest BCUT2D eigenvalue weighted by Gasteiger charge is 2.26. The van der Waals surface area contributed by atoms with Crippen molar-refractivity contribution in [2.75, 3.05) is 45.8 Å². The van der Waals surface area contributed by atoms with Crippen molar-refractivity contribution in [1.82, 2.24) is 19.7 Å². The van der Waals surface area contributed by atoms with E-state index < -0.39 is 0 Å². The van der Waals surface area contributed by atoms with Crippen molar-refractivity contribution in [3.8, 4) is 11.6 Å². The number of amides is 1. The summed E-state index contributed by atoms with van der Waals surface area (Å²) in [4.78, 5) is 21.8. The molecule has 0 spiro atoms. The van der Waals surface area contributed by atoms with E-state index in [1.165, 1.54) is 18.4 Å². The highest BCUT2D eigenvalue weighted by Crippen LogP contribution is 2.35. The summed E-state index contributed by atoms with van der Waals surface area (Å²) in [5, 5.41) is 4.83. The Balaban J connectivity index is 2.03. The van der Waals surface area contributed by atoms with E-state index in [-0.39, 0.29) is 5.91 Å². The topological polar surface area (TPSA) is 72.7 Å². The first kappa shape index (κ1) is 20.1. The van der Waals surface area contributed by atoms with Gasteiger partial charge in [0.1, 0.15) is 16.8 Å². The number of aryl methyl sites for hydroxylation is 1. The van der Waals surface area contributed by atoms with Gasteiger partial charge < -0.3 is 14.4 Å². The molecule has 0 atom stereocenters. The van der Waals surface area contributed by atoms with Crippen LogP contribution in [0, 0.1) is 0 Å². The van der Waals surface area contributed by atoms with E-state index in [0.717, 1.165) is 16.0 Å². The Labute approximate surface area is 168 Å². The average Bonchev–Trinajstić information content (AvgIpc) is 3.25. The lowest BCUT2D eigenvalue weighted by molar-refractivity contribution is 0.0982. The maximum atomic E-state index is 13.3. The molecular weight excluding hydrogens is 378 g/mol. The van der Waals surface area contributed by atoms with Crippen molar-refractivity contribution >= 4 is 32.6 Å². The maximum absolute atomic E-state index is 13.3. The Morgan fingerprint density at radius 2 is 2.07 bits per heavy atom. The van der Waals surface area contributed by atoms with Crippen molar-refractivity contribution in [3.63, 3.8) is 0 Å². The second-order valence-corrected chi connectivity index (χ2v) is 7.53. The van der Waals surface area contributed by atoms with E-state index in [4.69, 9.17) is 14.5 Å². The summed E-state index contributed by atoms with van der Waals surface area (Å²) in [6.07, 6.45) is 1.67. The monoisotopic (exact) mass is 403 g/mol. The van der Waals surface area contributed by atoms with E-state index >= 15 is 0 Å². The third kappa shape index (κ3) is 4.10. The highest BCUT2D eigenvalue weighted by atomic mass is 32.1. The summed E-state index contributed by atoms with van der Waals surface area (Å²) in [7, 11) is 7.21. The van der Waals surface area contributed by atoms with E-state index in [1.54, 1.807) is 22.8 Å². The van der Waals surface area contributed by atoms with Gasteiger partial charge in [0.05, 0.1) is 18.4 Å². The van der Waals surface area contributed by atoms with E-state index in [0.29, 0.717) is 36.3 Å². The molecule has 0 fully saturated rings. The lowest BCUT2D eigenvalue weighted by Gasteiger charge is -2.21. The number of benzene rings is 1. The molecule has 0 saturated heterocycles. The molecule has 3 aromatic rings. The van der Waals surface area contributed by atoms with Crippen LogP contribution in [0.3, 0.4) is 0 Å². The molecule has 0 unspecified atom stereocenters. The van der Waals surface area contributed by atoms with Crippen LogP contribution in [-0.4, -0.2) is 66.5 Å². The molecule has 1 amide bonds. The molecule has 9 heteroatoms. The third-order valence-electron chi connectivity index (χ3n) is 4.14. The molecule has 28 heavy (non-hydrogen) atoms. The van der Waals surface area contributed by atoms with Crippen LogP contribution in [0.25, 0.3) is 10.2 Å². The van der Waals surface area contributed by atoms with Crippen molar-refractivity contribution in [2.24, 2.45) is 7.05 Å². The second kappa shape index (κ2) is 8.57. The summed E-state index contributed by atoms with van der Waals surface area (Å²) in [5.41, 5.74) is 1.18. The van der Waals surface area contributed by atoms with Gasteiger partial charge in [-0.05, 0) is 33.2 Å². The molecule has 2 heterocycles. The number of ether oxygens (including phenoxy) is 2.